The van der Waals surface area contributed by atoms with E-state index >= 15 is 0 Å². The topological polar surface area (TPSA) is 70.2 Å². The van der Waals surface area contributed by atoms with Crippen LogP contribution in [0.5, 0.6) is 0 Å². The van der Waals surface area contributed by atoms with Gasteiger partial charge in [-0.15, -0.1) is 0 Å². The second-order valence-corrected chi connectivity index (χ2v) is 4.74. The van der Waals surface area contributed by atoms with Gasteiger partial charge in [0.2, 0.25) is 0 Å². The summed E-state index contributed by atoms with van der Waals surface area (Å²) in [5.74, 6) is 0.518. The minimum Gasteiger partial charge on any atom is -0.372 e. The van der Waals surface area contributed by atoms with Crippen molar-refractivity contribution in [3.63, 3.8) is 0 Å². The van der Waals surface area contributed by atoms with Crippen LogP contribution in [0.2, 0.25) is 0 Å². The SMILES string of the molecule is CCN1CCCC(NC(=O)c2cnc(NC)cn2)C1. The average molecular weight is 263 g/mol. The number of likely N-dealkylation sites (N-methyl/N-ethyl adjacent to an activating group) is 1. The highest BCUT2D eigenvalue weighted by Gasteiger charge is 2.21. The van der Waals surface area contributed by atoms with Crippen molar-refractivity contribution >= 4 is 11.7 Å². The highest BCUT2D eigenvalue weighted by atomic mass is 16.1. The Balaban J connectivity index is 1.92. The molecule has 1 aliphatic rings. The lowest BCUT2D eigenvalue weighted by Gasteiger charge is -2.32. The fraction of sp³-hybridized carbons (Fsp3) is 0.615. The molecule has 0 radical (unpaired) electrons. The number of piperidine rings is 1. The molecule has 1 saturated heterocycles. The van der Waals surface area contributed by atoms with Crippen LogP contribution < -0.4 is 10.6 Å². The van der Waals surface area contributed by atoms with Gasteiger partial charge < -0.3 is 15.5 Å². The van der Waals surface area contributed by atoms with Crippen molar-refractivity contribution in [2.45, 2.75) is 25.8 Å². The molecular formula is C13H21N5O. The maximum atomic E-state index is 12.1. The molecule has 19 heavy (non-hydrogen) atoms. The molecule has 1 aromatic heterocycles. The van der Waals surface area contributed by atoms with Gasteiger partial charge in [-0.25, -0.2) is 9.97 Å². The van der Waals surface area contributed by atoms with Crippen molar-refractivity contribution in [3.05, 3.63) is 18.1 Å². The van der Waals surface area contributed by atoms with Gasteiger partial charge >= 0.3 is 0 Å². The van der Waals surface area contributed by atoms with E-state index in [0.29, 0.717) is 11.5 Å². The maximum Gasteiger partial charge on any atom is 0.271 e. The molecule has 1 aromatic rings. The molecule has 2 N–H and O–H groups in total. The summed E-state index contributed by atoms with van der Waals surface area (Å²) in [6.07, 6.45) is 5.23. The van der Waals surface area contributed by atoms with Crippen LogP contribution in [-0.4, -0.2) is 53.5 Å². The number of nitrogens with one attached hydrogen (secondary N) is 2. The van der Waals surface area contributed by atoms with E-state index in [1.807, 2.05) is 0 Å². The van der Waals surface area contributed by atoms with Crippen LogP contribution in [0.15, 0.2) is 12.4 Å². The Morgan fingerprint density at radius 1 is 1.47 bits per heavy atom. The Morgan fingerprint density at radius 3 is 2.95 bits per heavy atom. The number of carbonyl (C=O) groups is 1. The van der Waals surface area contributed by atoms with E-state index < -0.39 is 0 Å². The second kappa shape index (κ2) is 6.47. The molecule has 6 nitrogen and oxygen atoms in total. The number of nitrogens with zero attached hydrogens (tertiary/aromatic N) is 3. The van der Waals surface area contributed by atoms with Gasteiger partial charge in [0.05, 0.1) is 12.4 Å². The highest BCUT2D eigenvalue weighted by molar-refractivity contribution is 5.92. The number of carbonyl (C=O) groups excluding carboxylic acids is 1. The third-order valence-corrected chi connectivity index (χ3v) is 3.43. The molecule has 0 aliphatic carbocycles. The van der Waals surface area contributed by atoms with E-state index in [-0.39, 0.29) is 11.9 Å². The molecule has 1 unspecified atom stereocenters. The molecule has 0 spiro atoms. The Labute approximate surface area is 113 Å². The van der Waals surface area contributed by atoms with E-state index in [9.17, 15) is 4.79 Å². The zero-order valence-corrected chi connectivity index (χ0v) is 11.5. The third kappa shape index (κ3) is 3.64. The minimum atomic E-state index is -0.141. The predicted octanol–water partition coefficient (Wildman–Crippen LogP) is 0.732. The summed E-state index contributed by atoms with van der Waals surface area (Å²) in [6, 6.07) is 0.215. The summed E-state index contributed by atoms with van der Waals surface area (Å²) >= 11 is 0. The van der Waals surface area contributed by atoms with Gasteiger partial charge in [-0.3, -0.25) is 4.79 Å². The van der Waals surface area contributed by atoms with E-state index in [4.69, 9.17) is 0 Å². The average Bonchev–Trinajstić information content (AvgIpc) is 2.47. The fourth-order valence-electron chi connectivity index (χ4n) is 2.29. The first-order valence-electron chi connectivity index (χ1n) is 6.76. The summed E-state index contributed by atoms with van der Waals surface area (Å²) in [5.41, 5.74) is 0.368. The standard InChI is InChI=1S/C13H21N5O/c1-3-18-6-4-5-10(9-18)17-13(19)11-7-16-12(14-2)8-15-11/h7-8,10H,3-6,9H2,1-2H3,(H,14,16)(H,17,19). The van der Waals surface area contributed by atoms with Crippen LogP contribution in [-0.2, 0) is 0 Å². The predicted molar refractivity (Wildman–Crippen MR) is 74.2 cm³/mol. The Morgan fingerprint density at radius 2 is 2.32 bits per heavy atom. The number of likely N-dealkylation sites (tertiary alicyclic amines) is 1. The summed E-state index contributed by atoms with van der Waals surface area (Å²) in [7, 11) is 1.77. The number of amides is 1. The van der Waals surface area contributed by atoms with Gasteiger partial charge in [0.15, 0.2) is 0 Å². The van der Waals surface area contributed by atoms with Crippen LogP contribution in [0.1, 0.15) is 30.3 Å². The van der Waals surface area contributed by atoms with Crippen LogP contribution >= 0.6 is 0 Å². The quantitative estimate of drug-likeness (QED) is 0.838. The zero-order chi connectivity index (χ0) is 13.7. The van der Waals surface area contributed by atoms with Crippen molar-refractivity contribution in [1.82, 2.24) is 20.2 Å². The summed E-state index contributed by atoms with van der Waals surface area (Å²) < 4.78 is 0. The normalized spacial score (nSPS) is 20.0. The van der Waals surface area contributed by atoms with Gasteiger partial charge in [-0.2, -0.15) is 0 Å². The third-order valence-electron chi connectivity index (χ3n) is 3.43. The molecule has 1 fully saturated rings. The molecule has 1 atom stereocenters. The molecule has 1 aliphatic heterocycles. The summed E-state index contributed by atoms with van der Waals surface area (Å²) in [6.45, 7) is 5.22. The molecule has 104 valence electrons. The number of hydrogen-bond acceptors (Lipinski definition) is 5. The largest absolute Gasteiger partial charge is 0.372 e. The minimum absolute atomic E-state index is 0.141. The number of hydrogen-bond donors (Lipinski definition) is 2. The molecular weight excluding hydrogens is 242 g/mol. The van der Waals surface area contributed by atoms with Crippen molar-refractivity contribution < 1.29 is 4.79 Å². The Bertz CT molecular complexity index is 420. The second-order valence-electron chi connectivity index (χ2n) is 4.74. The van der Waals surface area contributed by atoms with Crippen LogP contribution in [0.3, 0.4) is 0 Å². The lowest BCUT2D eigenvalue weighted by atomic mass is 10.1. The van der Waals surface area contributed by atoms with Crippen molar-refractivity contribution in [1.29, 1.82) is 0 Å². The maximum absolute atomic E-state index is 12.1. The number of rotatable bonds is 4. The number of aromatic nitrogens is 2. The van der Waals surface area contributed by atoms with Crippen LogP contribution in [0.4, 0.5) is 5.82 Å². The Kier molecular flexibility index (Phi) is 4.68. The smallest absolute Gasteiger partial charge is 0.271 e. The van der Waals surface area contributed by atoms with Crippen LogP contribution in [0.25, 0.3) is 0 Å². The fourth-order valence-corrected chi connectivity index (χ4v) is 2.29. The van der Waals surface area contributed by atoms with Crippen molar-refractivity contribution in [2.24, 2.45) is 0 Å². The van der Waals surface area contributed by atoms with Gasteiger partial charge in [-0.1, -0.05) is 6.92 Å². The van der Waals surface area contributed by atoms with Crippen molar-refractivity contribution in [3.8, 4) is 0 Å². The molecule has 1 amide bonds. The molecule has 2 heterocycles. The first-order valence-corrected chi connectivity index (χ1v) is 6.76. The Hall–Kier alpha value is -1.69. The molecule has 2 rings (SSSR count). The molecule has 0 aromatic carbocycles. The van der Waals surface area contributed by atoms with Gasteiger partial charge in [0.1, 0.15) is 11.5 Å². The van der Waals surface area contributed by atoms with Crippen LogP contribution in [0, 0.1) is 0 Å². The lowest BCUT2D eigenvalue weighted by molar-refractivity contribution is 0.0900. The first-order chi connectivity index (χ1) is 9.22. The van der Waals surface area contributed by atoms with E-state index in [0.717, 1.165) is 32.5 Å². The van der Waals surface area contributed by atoms with Gasteiger partial charge in [0, 0.05) is 19.6 Å². The van der Waals surface area contributed by atoms with E-state index in [1.165, 1.54) is 6.20 Å². The van der Waals surface area contributed by atoms with E-state index in [2.05, 4.69) is 32.4 Å². The van der Waals surface area contributed by atoms with Crippen molar-refractivity contribution in [2.75, 3.05) is 32.0 Å². The summed E-state index contributed by atoms with van der Waals surface area (Å²) in [5, 5.41) is 5.91. The first kappa shape index (κ1) is 13.7. The van der Waals surface area contributed by atoms with E-state index in [1.54, 1.807) is 13.2 Å². The molecule has 0 bridgehead atoms. The molecule has 0 saturated carbocycles. The zero-order valence-electron chi connectivity index (χ0n) is 11.5. The molecule has 6 heteroatoms. The monoisotopic (exact) mass is 263 g/mol. The van der Waals surface area contributed by atoms with Gasteiger partial charge in [0.25, 0.3) is 5.91 Å². The van der Waals surface area contributed by atoms with Gasteiger partial charge in [-0.05, 0) is 25.9 Å². The lowest BCUT2D eigenvalue weighted by Crippen LogP contribution is -2.47. The number of anilines is 1. The highest BCUT2D eigenvalue weighted by Crippen LogP contribution is 2.10. The summed E-state index contributed by atoms with van der Waals surface area (Å²) in [4.78, 5) is 22.6.